The second-order valence-electron chi connectivity index (χ2n) is 7.26. The zero-order valence-corrected chi connectivity index (χ0v) is 13.7. The summed E-state index contributed by atoms with van der Waals surface area (Å²) in [6.07, 6.45) is 1.63. The third-order valence-corrected chi connectivity index (χ3v) is 4.87. The molecule has 3 unspecified atom stereocenters. The van der Waals surface area contributed by atoms with Crippen LogP contribution < -0.4 is 0 Å². The molecule has 0 aliphatic carbocycles. The van der Waals surface area contributed by atoms with Crippen LogP contribution in [-0.2, 0) is 4.74 Å². The van der Waals surface area contributed by atoms with Crippen LogP contribution in [0.1, 0.15) is 45.8 Å². The Bertz CT molecular complexity index is 473. The molecule has 21 heavy (non-hydrogen) atoms. The van der Waals surface area contributed by atoms with E-state index < -0.39 is 0 Å². The molecule has 2 heterocycles. The summed E-state index contributed by atoms with van der Waals surface area (Å²) in [5.74, 6) is 0. The van der Waals surface area contributed by atoms with Crippen LogP contribution in [0.5, 0.6) is 0 Å². The van der Waals surface area contributed by atoms with Crippen molar-refractivity contribution in [3.8, 4) is 0 Å². The molecule has 0 bridgehead atoms. The fourth-order valence-electron chi connectivity index (χ4n) is 3.96. The van der Waals surface area contributed by atoms with Crippen molar-refractivity contribution in [3.05, 3.63) is 35.9 Å². The summed E-state index contributed by atoms with van der Waals surface area (Å²) in [4.78, 5) is 5.13. The Hall–Kier alpha value is -0.900. The topological polar surface area (TPSA) is 15.7 Å². The van der Waals surface area contributed by atoms with Gasteiger partial charge in [-0.2, -0.15) is 0 Å². The Balaban J connectivity index is 1.83. The lowest BCUT2D eigenvalue weighted by molar-refractivity contribution is -0.134. The SMILES string of the molecule is CCCN1CN2C(C)C(c3ccccc3)OC2C(C)(C)C1. The number of hydrogen-bond acceptors (Lipinski definition) is 3. The number of rotatable bonds is 3. The average molecular weight is 288 g/mol. The van der Waals surface area contributed by atoms with Crippen LogP contribution in [0.15, 0.2) is 30.3 Å². The van der Waals surface area contributed by atoms with Crippen LogP contribution in [-0.4, -0.2) is 41.8 Å². The molecule has 2 aliphatic heterocycles. The van der Waals surface area contributed by atoms with Gasteiger partial charge in [-0.3, -0.25) is 9.80 Å². The molecule has 1 aromatic rings. The highest BCUT2D eigenvalue weighted by atomic mass is 16.5. The molecule has 0 spiro atoms. The van der Waals surface area contributed by atoms with Crippen molar-refractivity contribution in [2.45, 2.75) is 52.5 Å². The molecule has 3 nitrogen and oxygen atoms in total. The maximum atomic E-state index is 6.50. The van der Waals surface area contributed by atoms with Crippen LogP contribution in [0.4, 0.5) is 0 Å². The van der Waals surface area contributed by atoms with Crippen molar-refractivity contribution in [3.63, 3.8) is 0 Å². The maximum Gasteiger partial charge on any atom is 0.119 e. The molecule has 2 aliphatic rings. The predicted molar refractivity (Wildman–Crippen MR) is 85.9 cm³/mol. The van der Waals surface area contributed by atoms with Gasteiger partial charge in [-0.25, -0.2) is 0 Å². The molecular formula is C18H28N2O. The largest absolute Gasteiger partial charge is 0.353 e. The minimum Gasteiger partial charge on any atom is -0.353 e. The summed E-state index contributed by atoms with van der Waals surface area (Å²) < 4.78 is 6.50. The molecule has 0 N–H and O–H groups in total. The molecule has 116 valence electrons. The second kappa shape index (κ2) is 5.71. The van der Waals surface area contributed by atoms with Crippen LogP contribution in [0.2, 0.25) is 0 Å². The minimum atomic E-state index is 0.172. The molecule has 2 fully saturated rings. The van der Waals surface area contributed by atoms with E-state index in [9.17, 15) is 0 Å². The van der Waals surface area contributed by atoms with E-state index in [1.54, 1.807) is 0 Å². The Morgan fingerprint density at radius 1 is 1.24 bits per heavy atom. The van der Waals surface area contributed by atoms with Gasteiger partial charge in [-0.1, -0.05) is 51.1 Å². The zero-order valence-electron chi connectivity index (χ0n) is 13.7. The summed E-state index contributed by atoms with van der Waals surface area (Å²) in [7, 11) is 0. The first kappa shape index (κ1) is 15.0. The maximum absolute atomic E-state index is 6.50. The van der Waals surface area contributed by atoms with Gasteiger partial charge in [-0.15, -0.1) is 0 Å². The summed E-state index contributed by atoms with van der Waals surface area (Å²) in [5, 5.41) is 0. The van der Waals surface area contributed by atoms with Crippen molar-refractivity contribution in [1.29, 1.82) is 0 Å². The van der Waals surface area contributed by atoms with Crippen LogP contribution in [0, 0.1) is 5.41 Å². The van der Waals surface area contributed by atoms with Gasteiger partial charge >= 0.3 is 0 Å². The van der Waals surface area contributed by atoms with Crippen LogP contribution >= 0.6 is 0 Å². The highest BCUT2D eigenvalue weighted by molar-refractivity contribution is 5.20. The molecule has 1 aromatic carbocycles. The first-order valence-corrected chi connectivity index (χ1v) is 8.21. The molecule has 0 saturated carbocycles. The molecule has 3 heteroatoms. The average Bonchev–Trinajstić information content (AvgIpc) is 2.78. The molecule has 0 amide bonds. The smallest absolute Gasteiger partial charge is 0.119 e. The van der Waals surface area contributed by atoms with E-state index in [1.165, 1.54) is 18.5 Å². The zero-order chi connectivity index (χ0) is 15.0. The van der Waals surface area contributed by atoms with Crippen molar-refractivity contribution in [2.24, 2.45) is 5.41 Å². The summed E-state index contributed by atoms with van der Waals surface area (Å²) in [6, 6.07) is 11.1. The van der Waals surface area contributed by atoms with Gasteiger partial charge in [0.1, 0.15) is 6.23 Å². The lowest BCUT2D eigenvalue weighted by Gasteiger charge is -2.47. The van der Waals surface area contributed by atoms with Crippen molar-refractivity contribution >= 4 is 0 Å². The van der Waals surface area contributed by atoms with Gasteiger partial charge in [0.15, 0.2) is 0 Å². The lowest BCUT2D eigenvalue weighted by Crippen LogP contribution is -2.59. The fraction of sp³-hybridized carbons (Fsp3) is 0.667. The van der Waals surface area contributed by atoms with Gasteiger partial charge in [0.05, 0.1) is 12.8 Å². The van der Waals surface area contributed by atoms with Crippen LogP contribution in [0.3, 0.4) is 0 Å². The number of hydrogen-bond donors (Lipinski definition) is 0. The van der Waals surface area contributed by atoms with E-state index in [4.69, 9.17) is 4.74 Å². The number of nitrogens with zero attached hydrogens (tertiary/aromatic N) is 2. The standard InChI is InChI=1S/C18H28N2O/c1-5-11-19-12-18(3,4)17-20(13-19)14(2)16(21-17)15-9-7-6-8-10-15/h6-10,14,16-17H,5,11-13H2,1-4H3. The van der Waals surface area contributed by atoms with Gasteiger partial charge in [0.25, 0.3) is 0 Å². The minimum absolute atomic E-state index is 0.172. The molecule has 3 rings (SSSR count). The quantitative estimate of drug-likeness (QED) is 0.847. The molecular weight excluding hydrogens is 260 g/mol. The first-order chi connectivity index (χ1) is 10.0. The Morgan fingerprint density at radius 2 is 1.95 bits per heavy atom. The normalized spacial score (nSPS) is 33.0. The second-order valence-corrected chi connectivity index (χ2v) is 7.26. The Labute approximate surface area is 128 Å². The van der Waals surface area contributed by atoms with Gasteiger partial charge in [0, 0.05) is 18.0 Å². The van der Waals surface area contributed by atoms with E-state index in [2.05, 4.69) is 67.8 Å². The molecule has 2 saturated heterocycles. The first-order valence-electron chi connectivity index (χ1n) is 8.21. The molecule has 0 radical (unpaired) electrons. The Morgan fingerprint density at radius 3 is 2.62 bits per heavy atom. The summed E-state index contributed by atoms with van der Waals surface area (Å²) >= 11 is 0. The number of ether oxygens (including phenoxy) is 1. The van der Waals surface area contributed by atoms with E-state index in [0.29, 0.717) is 6.04 Å². The van der Waals surface area contributed by atoms with Crippen LogP contribution in [0.25, 0.3) is 0 Å². The highest BCUT2D eigenvalue weighted by Crippen LogP contribution is 2.44. The predicted octanol–water partition coefficient (Wildman–Crippen LogP) is 3.48. The number of benzene rings is 1. The number of fused-ring (bicyclic) bond motifs is 1. The van der Waals surface area contributed by atoms with E-state index >= 15 is 0 Å². The summed E-state index contributed by atoms with van der Waals surface area (Å²) in [6.45, 7) is 12.6. The van der Waals surface area contributed by atoms with Gasteiger partial charge in [-0.05, 0) is 25.5 Å². The van der Waals surface area contributed by atoms with E-state index in [-0.39, 0.29) is 17.7 Å². The third-order valence-electron chi connectivity index (χ3n) is 4.87. The van der Waals surface area contributed by atoms with E-state index in [1.807, 2.05) is 0 Å². The van der Waals surface area contributed by atoms with Gasteiger partial charge in [0.2, 0.25) is 0 Å². The fourth-order valence-corrected chi connectivity index (χ4v) is 3.96. The monoisotopic (exact) mass is 288 g/mol. The lowest BCUT2D eigenvalue weighted by atomic mass is 9.87. The summed E-state index contributed by atoms with van der Waals surface area (Å²) in [5.41, 5.74) is 1.47. The van der Waals surface area contributed by atoms with Crippen molar-refractivity contribution in [2.75, 3.05) is 19.8 Å². The third kappa shape index (κ3) is 2.75. The highest BCUT2D eigenvalue weighted by Gasteiger charge is 2.50. The molecule has 3 atom stereocenters. The van der Waals surface area contributed by atoms with Gasteiger partial charge < -0.3 is 4.74 Å². The molecule has 0 aromatic heterocycles. The Kier molecular flexibility index (Phi) is 4.08. The van der Waals surface area contributed by atoms with E-state index in [0.717, 1.165) is 13.2 Å². The van der Waals surface area contributed by atoms with Crippen molar-refractivity contribution in [1.82, 2.24) is 9.80 Å². The van der Waals surface area contributed by atoms with Crippen molar-refractivity contribution < 1.29 is 4.74 Å².